The second kappa shape index (κ2) is 11.4. The van der Waals surface area contributed by atoms with Crippen molar-refractivity contribution in [1.29, 1.82) is 0 Å². The van der Waals surface area contributed by atoms with Crippen molar-refractivity contribution in [3.05, 3.63) is 65.7 Å². The highest BCUT2D eigenvalue weighted by molar-refractivity contribution is 5.83. The number of benzene rings is 2. The Morgan fingerprint density at radius 2 is 1.62 bits per heavy atom. The topological polar surface area (TPSA) is 84.5 Å². The van der Waals surface area contributed by atoms with E-state index < -0.39 is 17.6 Å². The summed E-state index contributed by atoms with van der Waals surface area (Å²) in [5, 5.41) is 5.47. The smallest absolute Gasteiger partial charge is 0.330 e. The van der Waals surface area contributed by atoms with Gasteiger partial charge >= 0.3 is 5.97 Å². The van der Waals surface area contributed by atoms with Crippen molar-refractivity contribution in [3.63, 3.8) is 0 Å². The summed E-state index contributed by atoms with van der Waals surface area (Å²) in [6.45, 7) is -0.247. The van der Waals surface area contributed by atoms with Crippen LogP contribution in [0.15, 0.2) is 48.5 Å². The third-order valence-electron chi connectivity index (χ3n) is 5.39. The number of rotatable bonds is 8. The fourth-order valence-electron chi connectivity index (χ4n) is 3.94. The van der Waals surface area contributed by atoms with Crippen LogP contribution in [0.1, 0.15) is 37.7 Å². The Kier molecular flexibility index (Phi) is 8.30. The van der Waals surface area contributed by atoms with Gasteiger partial charge in [0.25, 0.3) is 0 Å². The van der Waals surface area contributed by atoms with Crippen LogP contribution in [0, 0.1) is 17.6 Å². The molecule has 2 N–H and O–H groups in total. The minimum Gasteiger partial charge on any atom is -0.425 e. The maximum absolute atomic E-state index is 13.3. The third kappa shape index (κ3) is 7.44. The molecule has 2 aromatic carbocycles. The molecule has 1 saturated carbocycles. The van der Waals surface area contributed by atoms with E-state index in [0.717, 1.165) is 43.9 Å². The Labute approximate surface area is 185 Å². The summed E-state index contributed by atoms with van der Waals surface area (Å²) in [7, 11) is 0. The molecule has 0 saturated heterocycles. The molecule has 6 nitrogen and oxygen atoms in total. The average molecular weight is 444 g/mol. The fraction of sp³-hybridized carbons (Fsp3) is 0.375. The molecule has 0 radical (unpaired) electrons. The van der Waals surface area contributed by atoms with Gasteiger partial charge < -0.3 is 15.4 Å². The van der Waals surface area contributed by atoms with Crippen molar-refractivity contribution in [1.82, 2.24) is 10.6 Å². The number of amides is 2. The van der Waals surface area contributed by atoms with E-state index in [2.05, 4.69) is 10.6 Å². The lowest BCUT2D eigenvalue weighted by Gasteiger charge is -2.32. The molecule has 0 bridgehead atoms. The van der Waals surface area contributed by atoms with Gasteiger partial charge in [-0.15, -0.1) is 0 Å². The lowest BCUT2D eigenvalue weighted by atomic mass is 9.82. The number of carbonyl (C=O) groups excluding carboxylic acids is 3. The van der Waals surface area contributed by atoms with Gasteiger partial charge in [-0.25, -0.2) is 13.6 Å². The van der Waals surface area contributed by atoms with Crippen LogP contribution in [0.2, 0.25) is 0 Å². The Morgan fingerprint density at radius 3 is 2.34 bits per heavy atom. The lowest BCUT2D eigenvalue weighted by Crippen LogP contribution is -2.44. The molecule has 2 aromatic rings. The quantitative estimate of drug-likeness (QED) is 0.483. The highest BCUT2D eigenvalue weighted by atomic mass is 19.1. The average Bonchev–Trinajstić information content (AvgIpc) is 2.73. The first-order valence-electron chi connectivity index (χ1n) is 10.7. The van der Waals surface area contributed by atoms with Crippen LogP contribution in [-0.2, 0) is 20.8 Å². The van der Waals surface area contributed by atoms with Crippen molar-refractivity contribution < 1.29 is 27.9 Å². The molecule has 2 atom stereocenters. The zero-order chi connectivity index (χ0) is 22.9. The Hall–Kier alpha value is -3.29. The van der Waals surface area contributed by atoms with E-state index in [1.54, 1.807) is 30.3 Å². The molecule has 1 fully saturated rings. The maximum atomic E-state index is 13.3. The summed E-state index contributed by atoms with van der Waals surface area (Å²) >= 11 is 0. The predicted molar refractivity (Wildman–Crippen MR) is 114 cm³/mol. The second-order valence-electron chi connectivity index (χ2n) is 7.94. The van der Waals surface area contributed by atoms with E-state index in [0.29, 0.717) is 5.75 Å². The molecule has 0 aromatic heterocycles. The lowest BCUT2D eigenvalue weighted by molar-refractivity contribution is -0.135. The molecule has 1 aliphatic carbocycles. The van der Waals surface area contributed by atoms with Gasteiger partial charge in [0.2, 0.25) is 11.8 Å². The monoisotopic (exact) mass is 444 g/mol. The molecule has 8 heteroatoms. The maximum Gasteiger partial charge on any atom is 0.330 e. The van der Waals surface area contributed by atoms with Crippen molar-refractivity contribution in [2.45, 2.75) is 44.6 Å². The molecule has 170 valence electrons. The zero-order valence-corrected chi connectivity index (χ0v) is 17.6. The van der Waals surface area contributed by atoms with Gasteiger partial charge in [-0.1, -0.05) is 31.0 Å². The highest BCUT2D eigenvalue weighted by Crippen LogP contribution is 2.27. The fourth-order valence-corrected chi connectivity index (χ4v) is 3.94. The summed E-state index contributed by atoms with van der Waals surface area (Å²) in [5.41, 5.74) is 0.252. The first-order chi connectivity index (χ1) is 15.4. The molecule has 0 aliphatic heterocycles. The van der Waals surface area contributed by atoms with Crippen LogP contribution in [-0.4, -0.2) is 30.4 Å². The zero-order valence-electron chi connectivity index (χ0n) is 17.6. The van der Waals surface area contributed by atoms with Crippen LogP contribution in [0.5, 0.6) is 5.75 Å². The van der Waals surface area contributed by atoms with E-state index >= 15 is 0 Å². The number of hydrogen-bond donors (Lipinski definition) is 2. The number of esters is 1. The summed E-state index contributed by atoms with van der Waals surface area (Å²) < 4.78 is 31.8. The summed E-state index contributed by atoms with van der Waals surface area (Å²) in [4.78, 5) is 36.6. The SMILES string of the molecule is O=C(CC1CCCC[C@@H]1NC(=O)Cc1cc(F)cc(F)c1)NCC(=O)Oc1ccccc1. The van der Waals surface area contributed by atoms with E-state index in [9.17, 15) is 23.2 Å². The number of halogens is 2. The van der Waals surface area contributed by atoms with Crippen LogP contribution < -0.4 is 15.4 Å². The Balaban J connectivity index is 1.47. The number of nitrogens with one attached hydrogen (secondary N) is 2. The van der Waals surface area contributed by atoms with Crippen LogP contribution in [0.25, 0.3) is 0 Å². The third-order valence-corrected chi connectivity index (χ3v) is 5.39. The van der Waals surface area contributed by atoms with Crippen molar-refractivity contribution in [2.75, 3.05) is 6.54 Å². The van der Waals surface area contributed by atoms with E-state index in [1.807, 2.05) is 0 Å². The molecular formula is C24H26F2N2O4. The number of para-hydroxylation sites is 1. The van der Waals surface area contributed by atoms with Gasteiger partial charge in [-0.2, -0.15) is 0 Å². The molecule has 3 rings (SSSR count). The number of carbonyl (C=O) groups is 3. The van der Waals surface area contributed by atoms with E-state index in [4.69, 9.17) is 4.74 Å². The molecule has 32 heavy (non-hydrogen) atoms. The van der Waals surface area contributed by atoms with Gasteiger partial charge in [-0.3, -0.25) is 9.59 Å². The first-order valence-corrected chi connectivity index (χ1v) is 10.7. The van der Waals surface area contributed by atoms with Crippen molar-refractivity contribution in [2.24, 2.45) is 5.92 Å². The highest BCUT2D eigenvalue weighted by Gasteiger charge is 2.28. The molecule has 2 amide bonds. The van der Waals surface area contributed by atoms with E-state index in [-0.39, 0.29) is 48.7 Å². The molecular weight excluding hydrogens is 418 g/mol. The minimum absolute atomic E-state index is 0.0814. The summed E-state index contributed by atoms with van der Waals surface area (Å²) in [6, 6.07) is 11.4. The molecule has 1 aliphatic rings. The van der Waals surface area contributed by atoms with Crippen LogP contribution >= 0.6 is 0 Å². The predicted octanol–water partition coefficient (Wildman–Crippen LogP) is 3.29. The van der Waals surface area contributed by atoms with Crippen molar-refractivity contribution in [3.8, 4) is 5.75 Å². The Bertz CT molecular complexity index is 932. The number of ether oxygens (including phenoxy) is 1. The minimum atomic E-state index is -0.731. The van der Waals surface area contributed by atoms with Gasteiger partial charge in [0.15, 0.2) is 0 Å². The molecule has 0 spiro atoms. The summed E-state index contributed by atoms with van der Waals surface area (Å²) in [5.74, 6) is -2.36. The van der Waals surface area contributed by atoms with Crippen LogP contribution in [0.3, 0.4) is 0 Å². The second-order valence-corrected chi connectivity index (χ2v) is 7.94. The standard InChI is InChI=1S/C24H26F2N2O4/c25-18-10-16(11-19(26)14-18)12-23(30)28-21-9-5-4-6-17(21)13-22(29)27-15-24(31)32-20-7-2-1-3-8-20/h1-3,7-8,10-11,14,17,21H,4-6,9,12-13,15H2,(H,27,29)(H,28,30)/t17?,21-/m0/s1. The number of hydrogen-bond acceptors (Lipinski definition) is 4. The first kappa shape index (κ1) is 23.4. The molecule has 0 heterocycles. The summed E-state index contributed by atoms with van der Waals surface area (Å²) in [6.07, 6.45) is 3.36. The van der Waals surface area contributed by atoms with Gasteiger partial charge in [0, 0.05) is 18.5 Å². The normalized spacial score (nSPS) is 17.9. The van der Waals surface area contributed by atoms with Crippen molar-refractivity contribution >= 4 is 17.8 Å². The molecule has 1 unspecified atom stereocenters. The van der Waals surface area contributed by atoms with Crippen LogP contribution in [0.4, 0.5) is 8.78 Å². The van der Waals surface area contributed by atoms with Gasteiger partial charge in [-0.05, 0) is 48.6 Å². The van der Waals surface area contributed by atoms with Gasteiger partial charge in [0.1, 0.15) is 23.9 Å². The van der Waals surface area contributed by atoms with E-state index in [1.165, 1.54) is 0 Å². The largest absolute Gasteiger partial charge is 0.425 e. The van der Waals surface area contributed by atoms with Gasteiger partial charge in [0.05, 0.1) is 6.42 Å². The Morgan fingerprint density at radius 1 is 0.938 bits per heavy atom.